The molecule has 0 fully saturated rings. The highest BCUT2D eigenvalue weighted by molar-refractivity contribution is 6.35. The molecule has 2 rings (SSSR count). The number of aliphatic hydroxyl groups is 1. The number of hydrogen-bond acceptors (Lipinski definition) is 2. The van der Waals surface area contributed by atoms with E-state index >= 15 is 0 Å². The van der Waals surface area contributed by atoms with Crippen LogP contribution in [-0.4, -0.2) is 11.2 Å². The molecule has 2 unspecified atom stereocenters. The first-order valence-electron chi connectivity index (χ1n) is 3.93. The molecule has 0 aromatic heterocycles. The Morgan fingerprint density at radius 1 is 1.38 bits per heavy atom. The lowest BCUT2D eigenvalue weighted by atomic mass is 10.1. The van der Waals surface area contributed by atoms with E-state index in [0.717, 1.165) is 0 Å². The van der Waals surface area contributed by atoms with Gasteiger partial charge in [-0.25, -0.2) is 0 Å². The number of halogens is 2. The fourth-order valence-corrected chi connectivity index (χ4v) is 2.03. The van der Waals surface area contributed by atoms with E-state index in [-0.39, 0.29) is 6.10 Å². The maximum absolute atomic E-state index is 9.67. The van der Waals surface area contributed by atoms with Gasteiger partial charge in [-0.05, 0) is 19.1 Å². The Hall–Kier alpha value is -0.440. The third kappa shape index (κ3) is 1.39. The van der Waals surface area contributed by atoms with E-state index in [2.05, 4.69) is 0 Å². The lowest BCUT2D eigenvalue weighted by Gasteiger charge is -2.06. The van der Waals surface area contributed by atoms with Crippen LogP contribution in [0, 0.1) is 0 Å². The van der Waals surface area contributed by atoms with Gasteiger partial charge in [0.25, 0.3) is 0 Å². The van der Waals surface area contributed by atoms with Crippen LogP contribution in [0.2, 0.25) is 10.0 Å². The van der Waals surface area contributed by atoms with Crippen molar-refractivity contribution in [3.8, 4) is 5.75 Å². The van der Waals surface area contributed by atoms with Crippen molar-refractivity contribution >= 4 is 23.2 Å². The predicted octanol–water partition coefficient (Wildman–Crippen LogP) is 2.81. The molecule has 13 heavy (non-hydrogen) atoms. The summed E-state index contributed by atoms with van der Waals surface area (Å²) in [6, 6.07) is 3.27. The van der Waals surface area contributed by atoms with Gasteiger partial charge in [-0.2, -0.15) is 0 Å². The minimum atomic E-state index is -0.653. The zero-order chi connectivity index (χ0) is 9.59. The van der Waals surface area contributed by atoms with Crippen molar-refractivity contribution in [2.75, 3.05) is 0 Å². The number of hydrogen-bond donors (Lipinski definition) is 1. The monoisotopic (exact) mass is 218 g/mol. The lowest BCUT2D eigenvalue weighted by molar-refractivity contribution is 0.0796. The molecule has 0 amide bonds. The Morgan fingerprint density at radius 2 is 2.08 bits per heavy atom. The van der Waals surface area contributed by atoms with Crippen molar-refractivity contribution < 1.29 is 9.84 Å². The number of rotatable bonds is 0. The molecule has 1 aromatic carbocycles. The van der Waals surface area contributed by atoms with Gasteiger partial charge in [0, 0.05) is 10.6 Å². The van der Waals surface area contributed by atoms with Gasteiger partial charge in [0.1, 0.15) is 18.0 Å². The van der Waals surface area contributed by atoms with Gasteiger partial charge in [0.2, 0.25) is 0 Å². The molecule has 1 aromatic rings. The van der Waals surface area contributed by atoms with Crippen LogP contribution in [0.25, 0.3) is 0 Å². The summed E-state index contributed by atoms with van der Waals surface area (Å²) in [6.07, 6.45) is -0.911. The quantitative estimate of drug-likeness (QED) is 0.726. The predicted molar refractivity (Wildman–Crippen MR) is 51.5 cm³/mol. The second-order valence-electron chi connectivity index (χ2n) is 3.07. The summed E-state index contributed by atoms with van der Waals surface area (Å²) in [7, 11) is 0. The Morgan fingerprint density at radius 3 is 2.77 bits per heavy atom. The first-order chi connectivity index (χ1) is 6.09. The van der Waals surface area contributed by atoms with Crippen LogP contribution in [0.4, 0.5) is 0 Å². The minimum absolute atomic E-state index is 0.258. The third-order valence-electron chi connectivity index (χ3n) is 2.11. The van der Waals surface area contributed by atoms with Crippen molar-refractivity contribution in [2.45, 2.75) is 19.1 Å². The van der Waals surface area contributed by atoms with E-state index in [4.69, 9.17) is 27.9 Å². The molecule has 70 valence electrons. The molecule has 0 bridgehead atoms. The molecule has 4 heteroatoms. The number of aliphatic hydroxyl groups excluding tert-OH is 1. The molecule has 0 saturated heterocycles. The van der Waals surface area contributed by atoms with Gasteiger partial charge >= 0.3 is 0 Å². The van der Waals surface area contributed by atoms with Gasteiger partial charge in [0.05, 0.1) is 5.02 Å². The molecule has 0 saturated carbocycles. The van der Waals surface area contributed by atoms with Gasteiger partial charge < -0.3 is 9.84 Å². The van der Waals surface area contributed by atoms with Crippen LogP contribution >= 0.6 is 23.2 Å². The van der Waals surface area contributed by atoms with Crippen molar-refractivity contribution in [1.82, 2.24) is 0 Å². The largest absolute Gasteiger partial charge is 0.487 e. The first-order valence-corrected chi connectivity index (χ1v) is 4.69. The summed E-state index contributed by atoms with van der Waals surface area (Å²) in [5, 5.41) is 10.6. The molecule has 1 heterocycles. The van der Waals surface area contributed by atoms with E-state index in [1.54, 1.807) is 19.1 Å². The maximum Gasteiger partial charge on any atom is 0.128 e. The summed E-state index contributed by atoms with van der Waals surface area (Å²) < 4.78 is 5.36. The average molecular weight is 219 g/mol. The third-order valence-corrected chi connectivity index (χ3v) is 2.64. The molecule has 0 aliphatic carbocycles. The second-order valence-corrected chi connectivity index (χ2v) is 3.91. The van der Waals surface area contributed by atoms with Crippen LogP contribution in [-0.2, 0) is 0 Å². The highest BCUT2D eigenvalue weighted by Crippen LogP contribution is 2.42. The van der Waals surface area contributed by atoms with Crippen molar-refractivity contribution in [3.05, 3.63) is 27.7 Å². The number of ether oxygens (including phenoxy) is 1. The fourth-order valence-electron chi connectivity index (χ4n) is 1.45. The topological polar surface area (TPSA) is 29.5 Å². The van der Waals surface area contributed by atoms with Gasteiger partial charge in [-0.1, -0.05) is 23.2 Å². The molecular weight excluding hydrogens is 211 g/mol. The Labute approximate surface area is 86.0 Å². The van der Waals surface area contributed by atoms with E-state index < -0.39 is 6.10 Å². The Balaban J connectivity index is 2.57. The molecule has 2 atom stereocenters. The van der Waals surface area contributed by atoms with Gasteiger partial charge in [0.15, 0.2) is 0 Å². The zero-order valence-electron chi connectivity index (χ0n) is 6.92. The molecule has 2 nitrogen and oxygen atoms in total. The summed E-state index contributed by atoms with van der Waals surface area (Å²) in [4.78, 5) is 0. The highest BCUT2D eigenvalue weighted by Gasteiger charge is 2.31. The number of fused-ring (bicyclic) bond motifs is 1. The average Bonchev–Trinajstić information content (AvgIpc) is 2.27. The summed E-state index contributed by atoms with van der Waals surface area (Å²) in [6.45, 7) is 1.79. The van der Waals surface area contributed by atoms with Gasteiger partial charge in [-0.3, -0.25) is 0 Å². The number of benzene rings is 1. The molecule has 1 N–H and O–H groups in total. The van der Waals surface area contributed by atoms with Gasteiger partial charge in [-0.15, -0.1) is 0 Å². The standard InChI is InChI=1S/C9H8Cl2O2/c1-4-9(12)8-6(11)2-5(10)3-7(8)13-4/h2-4,9,12H,1H3. The molecule has 0 radical (unpaired) electrons. The second kappa shape index (κ2) is 3.05. The van der Waals surface area contributed by atoms with Crippen molar-refractivity contribution in [3.63, 3.8) is 0 Å². The zero-order valence-corrected chi connectivity index (χ0v) is 8.43. The highest BCUT2D eigenvalue weighted by atomic mass is 35.5. The fraction of sp³-hybridized carbons (Fsp3) is 0.333. The van der Waals surface area contributed by atoms with Crippen molar-refractivity contribution in [2.24, 2.45) is 0 Å². The molecule has 1 aliphatic rings. The van der Waals surface area contributed by atoms with E-state index in [9.17, 15) is 5.11 Å². The molecule has 1 aliphatic heterocycles. The summed E-state index contributed by atoms with van der Waals surface area (Å²) >= 11 is 11.7. The van der Waals surface area contributed by atoms with E-state index in [1.807, 2.05) is 0 Å². The lowest BCUT2D eigenvalue weighted by Crippen LogP contribution is -2.12. The molecular formula is C9H8Cl2O2. The van der Waals surface area contributed by atoms with Crippen LogP contribution in [0.3, 0.4) is 0 Å². The Kier molecular flexibility index (Phi) is 2.14. The maximum atomic E-state index is 9.67. The normalized spacial score (nSPS) is 25.5. The first kappa shape index (κ1) is 9.13. The summed E-state index contributed by atoms with van der Waals surface area (Å²) in [5.74, 6) is 0.581. The minimum Gasteiger partial charge on any atom is -0.487 e. The smallest absolute Gasteiger partial charge is 0.128 e. The van der Waals surface area contributed by atoms with Crippen molar-refractivity contribution in [1.29, 1.82) is 0 Å². The van der Waals surface area contributed by atoms with Crippen LogP contribution in [0.5, 0.6) is 5.75 Å². The van der Waals surface area contributed by atoms with Crippen LogP contribution in [0.1, 0.15) is 18.6 Å². The van der Waals surface area contributed by atoms with E-state index in [0.29, 0.717) is 21.4 Å². The van der Waals surface area contributed by atoms with E-state index in [1.165, 1.54) is 0 Å². The van der Waals surface area contributed by atoms with Crippen LogP contribution < -0.4 is 4.74 Å². The Bertz CT molecular complexity index is 352. The van der Waals surface area contributed by atoms with Crippen LogP contribution in [0.15, 0.2) is 12.1 Å². The molecule has 0 spiro atoms. The summed E-state index contributed by atoms with van der Waals surface area (Å²) in [5.41, 5.74) is 0.638. The SMILES string of the molecule is CC1Oc2cc(Cl)cc(Cl)c2C1O.